The maximum Gasteiger partial charge on any atom is 0.410 e. The molecule has 0 bridgehead atoms. The van der Waals surface area contributed by atoms with Crippen molar-refractivity contribution in [2.45, 2.75) is 6.10 Å². The molecule has 1 aliphatic rings. The minimum absolute atomic E-state index is 0.148. The lowest BCUT2D eigenvalue weighted by Gasteiger charge is -2.11. The van der Waals surface area contributed by atoms with Crippen LogP contribution in [-0.4, -0.2) is 35.7 Å². The zero-order valence-corrected chi connectivity index (χ0v) is 8.80. The normalized spacial score (nSPS) is 19.9. The number of phenols is 1. The Hall–Kier alpha value is -1.75. The van der Waals surface area contributed by atoms with Crippen LogP contribution in [0.4, 0.5) is 4.79 Å². The second-order valence-corrected chi connectivity index (χ2v) is 3.67. The lowest BCUT2D eigenvalue weighted by Crippen LogP contribution is -2.30. The van der Waals surface area contributed by atoms with Crippen molar-refractivity contribution >= 4 is 6.09 Å². The van der Waals surface area contributed by atoms with Gasteiger partial charge in [-0.1, -0.05) is 18.2 Å². The van der Waals surface area contributed by atoms with Gasteiger partial charge >= 0.3 is 6.09 Å². The minimum atomic E-state index is -0.403. The van der Waals surface area contributed by atoms with Crippen molar-refractivity contribution in [1.29, 1.82) is 0 Å². The first-order valence-corrected chi connectivity index (χ1v) is 5.16. The van der Waals surface area contributed by atoms with E-state index in [2.05, 4.69) is 0 Å². The van der Waals surface area contributed by atoms with Gasteiger partial charge < -0.3 is 20.5 Å². The van der Waals surface area contributed by atoms with E-state index in [-0.39, 0.29) is 11.8 Å². The molecular formula is C11H14N2O3. The van der Waals surface area contributed by atoms with E-state index in [0.717, 1.165) is 0 Å². The first-order valence-electron chi connectivity index (χ1n) is 5.16. The maximum absolute atomic E-state index is 11.4. The molecule has 0 radical (unpaired) electrons. The van der Waals surface area contributed by atoms with E-state index in [1.54, 1.807) is 24.3 Å². The Morgan fingerprint density at radius 2 is 2.25 bits per heavy atom. The fourth-order valence-corrected chi connectivity index (χ4v) is 1.77. The summed E-state index contributed by atoms with van der Waals surface area (Å²) in [5.41, 5.74) is 6.02. The van der Waals surface area contributed by atoms with Crippen LogP contribution >= 0.6 is 0 Å². The SMILES string of the molecule is NCCN1CC(c2ccccc2O)OC1=O. The van der Waals surface area contributed by atoms with E-state index in [9.17, 15) is 9.90 Å². The van der Waals surface area contributed by atoms with Gasteiger partial charge in [-0.3, -0.25) is 0 Å². The van der Waals surface area contributed by atoms with Crippen LogP contribution in [0.15, 0.2) is 24.3 Å². The Balaban J connectivity index is 2.14. The Labute approximate surface area is 93.4 Å². The van der Waals surface area contributed by atoms with Crippen LogP contribution in [0.2, 0.25) is 0 Å². The molecule has 5 heteroatoms. The van der Waals surface area contributed by atoms with E-state index in [4.69, 9.17) is 10.5 Å². The summed E-state index contributed by atoms with van der Waals surface area (Å²) in [5, 5.41) is 9.64. The Morgan fingerprint density at radius 1 is 1.50 bits per heavy atom. The third-order valence-electron chi connectivity index (χ3n) is 2.57. The van der Waals surface area contributed by atoms with Gasteiger partial charge in [0.2, 0.25) is 0 Å². The number of phenolic OH excluding ortho intramolecular Hbond substituents is 1. The van der Waals surface area contributed by atoms with Crippen LogP contribution in [0.1, 0.15) is 11.7 Å². The molecule has 1 heterocycles. The molecule has 2 rings (SSSR count). The van der Waals surface area contributed by atoms with Crippen molar-refractivity contribution in [3.63, 3.8) is 0 Å². The largest absolute Gasteiger partial charge is 0.508 e. The summed E-state index contributed by atoms with van der Waals surface area (Å²) in [4.78, 5) is 13.0. The monoisotopic (exact) mass is 222 g/mol. The fraction of sp³-hybridized carbons (Fsp3) is 0.364. The van der Waals surface area contributed by atoms with Gasteiger partial charge in [0, 0.05) is 18.7 Å². The Morgan fingerprint density at radius 3 is 2.94 bits per heavy atom. The van der Waals surface area contributed by atoms with E-state index >= 15 is 0 Å². The van der Waals surface area contributed by atoms with E-state index in [1.165, 1.54) is 4.90 Å². The van der Waals surface area contributed by atoms with Crippen LogP contribution in [0.5, 0.6) is 5.75 Å². The standard InChI is InChI=1S/C11H14N2O3/c12-5-6-13-7-10(16-11(13)15)8-3-1-2-4-9(8)14/h1-4,10,14H,5-7,12H2. The predicted molar refractivity (Wildman–Crippen MR) is 58.0 cm³/mol. The summed E-state index contributed by atoms with van der Waals surface area (Å²) in [6, 6.07) is 6.86. The number of amides is 1. The number of carbonyl (C=O) groups excluding carboxylic acids is 1. The molecule has 1 aromatic carbocycles. The van der Waals surface area contributed by atoms with E-state index in [1.807, 2.05) is 0 Å². The highest BCUT2D eigenvalue weighted by molar-refractivity contribution is 5.70. The van der Waals surface area contributed by atoms with Crippen molar-refractivity contribution in [3.8, 4) is 5.75 Å². The molecule has 86 valence electrons. The lowest BCUT2D eigenvalue weighted by atomic mass is 10.1. The molecule has 1 unspecified atom stereocenters. The fourth-order valence-electron chi connectivity index (χ4n) is 1.77. The molecule has 1 saturated heterocycles. The van der Waals surface area contributed by atoms with Crippen molar-refractivity contribution in [3.05, 3.63) is 29.8 Å². The zero-order chi connectivity index (χ0) is 11.5. The lowest BCUT2D eigenvalue weighted by molar-refractivity contribution is 0.132. The third-order valence-corrected chi connectivity index (χ3v) is 2.57. The predicted octanol–water partition coefficient (Wildman–Crippen LogP) is 0.844. The molecule has 0 aromatic heterocycles. The van der Waals surface area contributed by atoms with E-state index in [0.29, 0.717) is 25.2 Å². The molecule has 5 nitrogen and oxygen atoms in total. The summed E-state index contributed by atoms with van der Waals surface area (Å²) >= 11 is 0. The van der Waals surface area contributed by atoms with Crippen LogP contribution in [0.25, 0.3) is 0 Å². The third kappa shape index (κ3) is 1.94. The molecule has 1 fully saturated rings. The van der Waals surface area contributed by atoms with Crippen molar-refractivity contribution in [1.82, 2.24) is 4.90 Å². The van der Waals surface area contributed by atoms with Crippen LogP contribution in [0.3, 0.4) is 0 Å². The maximum atomic E-state index is 11.4. The molecular weight excluding hydrogens is 208 g/mol. The van der Waals surface area contributed by atoms with E-state index < -0.39 is 6.10 Å². The number of hydrogen-bond donors (Lipinski definition) is 2. The summed E-state index contributed by atoms with van der Waals surface area (Å²) in [6.07, 6.45) is -0.779. The van der Waals surface area contributed by atoms with Gasteiger partial charge in [-0.05, 0) is 6.07 Å². The van der Waals surface area contributed by atoms with Gasteiger partial charge in [-0.15, -0.1) is 0 Å². The number of para-hydroxylation sites is 1. The number of hydrogen-bond acceptors (Lipinski definition) is 4. The molecule has 1 aromatic rings. The second-order valence-electron chi connectivity index (χ2n) is 3.67. The summed E-state index contributed by atoms with van der Waals surface area (Å²) < 4.78 is 5.16. The van der Waals surface area contributed by atoms with Crippen LogP contribution in [0, 0.1) is 0 Å². The van der Waals surface area contributed by atoms with Crippen molar-refractivity contribution in [2.24, 2.45) is 5.73 Å². The van der Waals surface area contributed by atoms with Gasteiger partial charge in [-0.25, -0.2) is 4.79 Å². The number of aromatic hydroxyl groups is 1. The molecule has 0 saturated carbocycles. The summed E-state index contributed by atoms with van der Waals surface area (Å²) in [6.45, 7) is 1.32. The van der Waals surface area contributed by atoms with Gasteiger partial charge in [-0.2, -0.15) is 0 Å². The Kier molecular flexibility index (Phi) is 2.96. The molecule has 1 atom stereocenters. The average molecular weight is 222 g/mol. The highest BCUT2D eigenvalue weighted by Crippen LogP contribution is 2.31. The quantitative estimate of drug-likeness (QED) is 0.794. The average Bonchev–Trinajstić information content (AvgIpc) is 2.61. The molecule has 0 aliphatic carbocycles. The summed E-state index contributed by atoms with van der Waals surface area (Å²) in [5.74, 6) is 0.148. The smallest absolute Gasteiger partial charge is 0.410 e. The van der Waals surface area contributed by atoms with Crippen molar-refractivity contribution in [2.75, 3.05) is 19.6 Å². The van der Waals surface area contributed by atoms with Crippen molar-refractivity contribution < 1.29 is 14.6 Å². The first-order chi connectivity index (χ1) is 7.72. The molecule has 0 spiro atoms. The number of rotatable bonds is 3. The van der Waals surface area contributed by atoms with Gasteiger partial charge in [0.25, 0.3) is 0 Å². The van der Waals surface area contributed by atoms with Gasteiger partial charge in [0.05, 0.1) is 6.54 Å². The Bertz CT molecular complexity index is 395. The first kappa shape index (κ1) is 10.8. The molecule has 16 heavy (non-hydrogen) atoms. The number of benzene rings is 1. The second kappa shape index (κ2) is 4.40. The highest BCUT2D eigenvalue weighted by Gasteiger charge is 2.32. The molecule has 1 amide bonds. The number of ether oxygens (including phenoxy) is 1. The molecule has 1 aliphatic heterocycles. The highest BCUT2D eigenvalue weighted by atomic mass is 16.6. The summed E-state index contributed by atoms with van der Waals surface area (Å²) in [7, 11) is 0. The number of cyclic esters (lactones) is 1. The van der Waals surface area contributed by atoms with Crippen LogP contribution < -0.4 is 5.73 Å². The van der Waals surface area contributed by atoms with Gasteiger partial charge in [0.15, 0.2) is 0 Å². The number of carbonyl (C=O) groups is 1. The zero-order valence-electron chi connectivity index (χ0n) is 8.80. The number of nitrogens with two attached hydrogens (primary N) is 1. The van der Waals surface area contributed by atoms with Crippen LogP contribution in [-0.2, 0) is 4.74 Å². The topological polar surface area (TPSA) is 75.8 Å². The molecule has 3 N–H and O–H groups in total. The van der Waals surface area contributed by atoms with Gasteiger partial charge in [0.1, 0.15) is 11.9 Å². The minimum Gasteiger partial charge on any atom is -0.508 e. The number of nitrogens with zero attached hydrogens (tertiary/aromatic N) is 1.